The molecule has 0 aromatic carbocycles. The number of hydrogen-bond donors (Lipinski definition) is 1. The molecule has 2 rings (SSSR count). The van der Waals surface area contributed by atoms with Crippen molar-refractivity contribution in [2.45, 2.75) is 13.3 Å². The normalized spacial score (nSPS) is 10.5. The second-order valence-corrected chi connectivity index (χ2v) is 2.73. The predicted octanol–water partition coefficient (Wildman–Crippen LogP) is 2.08. The van der Waals surface area contributed by atoms with Crippen molar-refractivity contribution in [3.63, 3.8) is 0 Å². The molecule has 2 aromatic heterocycles. The van der Waals surface area contributed by atoms with Crippen molar-refractivity contribution in [1.82, 2.24) is 5.16 Å². The number of nitrogens with zero attached hydrogens (tertiary/aromatic N) is 1. The Morgan fingerprint density at radius 1 is 1.54 bits per heavy atom. The van der Waals surface area contributed by atoms with Crippen LogP contribution in [0.4, 0.5) is 5.82 Å². The summed E-state index contributed by atoms with van der Waals surface area (Å²) in [7, 11) is 0. The minimum atomic E-state index is 0.387. The number of anilines is 1. The molecule has 4 heteroatoms. The van der Waals surface area contributed by atoms with E-state index in [4.69, 9.17) is 14.7 Å². The first-order valence-corrected chi connectivity index (χ1v) is 4.10. The summed E-state index contributed by atoms with van der Waals surface area (Å²) in [6.07, 6.45) is 2.45. The highest BCUT2D eigenvalue weighted by Crippen LogP contribution is 2.26. The van der Waals surface area contributed by atoms with Gasteiger partial charge in [-0.2, -0.15) is 0 Å². The molecule has 0 aliphatic rings. The van der Waals surface area contributed by atoms with Crippen molar-refractivity contribution in [2.75, 3.05) is 5.73 Å². The summed E-state index contributed by atoms with van der Waals surface area (Å²) >= 11 is 0. The lowest BCUT2D eigenvalue weighted by molar-refractivity contribution is 0.433. The smallest absolute Gasteiger partial charge is 0.172 e. The van der Waals surface area contributed by atoms with Gasteiger partial charge in [-0.15, -0.1) is 0 Å². The molecule has 2 N–H and O–H groups in total. The lowest BCUT2D eigenvalue weighted by atomic mass is 10.2. The Bertz CT molecular complexity index is 403. The first kappa shape index (κ1) is 7.91. The number of furan rings is 1. The number of nitrogens with two attached hydrogens (primary N) is 1. The summed E-state index contributed by atoms with van der Waals surface area (Å²) in [4.78, 5) is 0. The van der Waals surface area contributed by atoms with Crippen molar-refractivity contribution in [2.24, 2.45) is 0 Å². The van der Waals surface area contributed by atoms with Gasteiger partial charge in [0, 0.05) is 12.5 Å². The minimum Gasteiger partial charge on any atom is -0.469 e. The Hall–Kier alpha value is -1.71. The second kappa shape index (κ2) is 2.97. The number of rotatable bonds is 2. The Balaban J connectivity index is 2.45. The number of hydrogen-bond acceptors (Lipinski definition) is 4. The Morgan fingerprint density at radius 2 is 2.38 bits per heavy atom. The topological polar surface area (TPSA) is 65.2 Å². The third-order valence-corrected chi connectivity index (χ3v) is 1.86. The molecule has 2 aromatic rings. The van der Waals surface area contributed by atoms with Crippen LogP contribution in [0.5, 0.6) is 0 Å². The van der Waals surface area contributed by atoms with Gasteiger partial charge in [0.05, 0.1) is 11.8 Å². The van der Waals surface area contributed by atoms with E-state index in [2.05, 4.69) is 5.16 Å². The van der Waals surface area contributed by atoms with Crippen molar-refractivity contribution in [3.8, 4) is 11.3 Å². The Morgan fingerprint density at radius 3 is 3.00 bits per heavy atom. The summed E-state index contributed by atoms with van der Waals surface area (Å²) in [5, 5.41) is 3.61. The third-order valence-electron chi connectivity index (χ3n) is 1.86. The van der Waals surface area contributed by atoms with E-state index >= 15 is 0 Å². The zero-order valence-electron chi connectivity index (χ0n) is 7.28. The van der Waals surface area contributed by atoms with Gasteiger partial charge in [0.15, 0.2) is 11.6 Å². The molecule has 0 spiro atoms. The average molecular weight is 178 g/mol. The molecule has 4 nitrogen and oxygen atoms in total. The third kappa shape index (κ3) is 1.30. The summed E-state index contributed by atoms with van der Waals surface area (Å²) in [5.41, 5.74) is 6.36. The van der Waals surface area contributed by atoms with Gasteiger partial charge in [0.25, 0.3) is 0 Å². The van der Waals surface area contributed by atoms with Gasteiger partial charge in [0.2, 0.25) is 0 Å². The fourth-order valence-corrected chi connectivity index (χ4v) is 1.25. The maximum absolute atomic E-state index is 5.44. The molecule has 68 valence electrons. The molecule has 0 fully saturated rings. The van der Waals surface area contributed by atoms with Crippen LogP contribution in [0.25, 0.3) is 11.3 Å². The van der Waals surface area contributed by atoms with Gasteiger partial charge in [-0.3, -0.25) is 0 Å². The van der Waals surface area contributed by atoms with Crippen LogP contribution in [0.3, 0.4) is 0 Å². The molecule has 0 atom stereocenters. The maximum Gasteiger partial charge on any atom is 0.172 e. The predicted molar refractivity (Wildman–Crippen MR) is 48.0 cm³/mol. The molecule has 2 heterocycles. The van der Waals surface area contributed by atoms with E-state index in [0.717, 1.165) is 17.7 Å². The molecule has 0 aliphatic heterocycles. The number of nitrogen functional groups attached to an aromatic ring is 1. The summed E-state index contributed by atoms with van der Waals surface area (Å²) in [6, 6.07) is 3.53. The van der Waals surface area contributed by atoms with Gasteiger partial charge in [-0.05, 0) is 6.07 Å². The fourth-order valence-electron chi connectivity index (χ4n) is 1.25. The van der Waals surface area contributed by atoms with Crippen molar-refractivity contribution < 1.29 is 8.94 Å². The van der Waals surface area contributed by atoms with E-state index in [9.17, 15) is 0 Å². The van der Waals surface area contributed by atoms with Gasteiger partial charge >= 0.3 is 0 Å². The molecule has 13 heavy (non-hydrogen) atoms. The van der Waals surface area contributed by atoms with E-state index in [0.29, 0.717) is 11.6 Å². The van der Waals surface area contributed by atoms with Gasteiger partial charge in [0.1, 0.15) is 5.76 Å². The van der Waals surface area contributed by atoms with E-state index in [1.54, 1.807) is 12.3 Å². The zero-order chi connectivity index (χ0) is 9.26. The quantitative estimate of drug-likeness (QED) is 0.764. The first-order chi connectivity index (χ1) is 6.31. The van der Waals surface area contributed by atoms with Crippen molar-refractivity contribution in [3.05, 3.63) is 24.2 Å². The van der Waals surface area contributed by atoms with E-state index in [1.165, 1.54) is 0 Å². The van der Waals surface area contributed by atoms with E-state index in [-0.39, 0.29) is 0 Å². The fraction of sp³-hybridized carbons (Fsp3) is 0.222. The van der Waals surface area contributed by atoms with Gasteiger partial charge < -0.3 is 14.7 Å². The summed E-state index contributed by atoms with van der Waals surface area (Å²) in [5.74, 6) is 1.93. The lowest BCUT2D eigenvalue weighted by Gasteiger charge is -1.92. The van der Waals surface area contributed by atoms with Crippen LogP contribution in [-0.4, -0.2) is 5.16 Å². The molecule has 0 radical (unpaired) electrons. The van der Waals surface area contributed by atoms with Gasteiger partial charge in [-0.1, -0.05) is 12.1 Å². The van der Waals surface area contributed by atoms with E-state index in [1.807, 2.05) is 13.0 Å². The van der Waals surface area contributed by atoms with Crippen molar-refractivity contribution in [1.29, 1.82) is 0 Å². The largest absolute Gasteiger partial charge is 0.469 e. The molecule has 0 unspecified atom stereocenters. The monoisotopic (exact) mass is 178 g/mol. The van der Waals surface area contributed by atoms with E-state index < -0.39 is 0 Å². The lowest BCUT2D eigenvalue weighted by Crippen LogP contribution is -1.80. The number of aromatic nitrogens is 1. The molecule has 0 saturated heterocycles. The van der Waals surface area contributed by atoms with Crippen LogP contribution >= 0.6 is 0 Å². The molecule has 0 aliphatic carbocycles. The molecular formula is C9H10N2O2. The highest BCUT2D eigenvalue weighted by atomic mass is 16.5. The second-order valence-electron chi connectivity index (χ2n) is 2.73. The first-order valence-electron chi connectivity index (χ1n) is 4.10. The molecule has 0 amide bonds. The summed E-state index contributed by atoms with van der Waals surface area (Å²) in [6.45, 7) is 2.02. The Kier molecular flexibility index (Phi) is 1.81. The van der Waals surface area contributed by atoms with Crippen LogP contribution in [0, 0.1) is 0 Å². The van der Waals surface area contributed by atoms with Crippen LogP contribution < -0.4 is 5.73 Å². The number of aryl methyl sites for hydroxylation is 1. The van der Waals surface area contributed by atoms with Crippen LogP contribution in [0.2, 0.25) is 0 Å². The standard InChI is InChI=1S/C9H10N2O2/c1-2-7-6(3-4-12-7)8-5-9(10)11-13-8/h3-5H,2H2,1H3,(H2,10,11). The highest BCUT2D eigenvalue weighted by Gasteiger charge is 2.11. The van der Waals surface area contributed by atoms with Crippen LogP contribution in [0.1, 0.15) is 12.7 Å². The zero-order valence-corrected chi connectivity index (χ0v) is 7.28. The molecule has 0 bridgehead atoms. The maximum atomic E-state index is 5.44. The SMILES string of the molecule is CCc1occc1-c1cc(N)no1. The van der Waals surface area contributed by atoms with Crippen molar-refractivity contribution >= 4 is 5.82 Å². The summed E-state index contributed by atoms with van der Waals surface area (Å²) < 4.78 is 10.3. The average Bonchev–Trinajstić information content (AvgIpc) is 2.71. The Labute approximate surface area is 75.3 Å². The minimum absolute atomic E-state index is 0.387. The molecular weight excluding hydrogens is 168 g/mol. The van der Waals surface area contributed by atoms with Crippen LogP contribution in [-0.2, 0) is 6.42 Å². The highest BCUT2D eigenvalue weighted by molar-refractivity contribution is 5.61. The molecule has 0 saturated carbocycles. The van der Waals surface area contributed by atoms with Gasteiger partial charge in [-0.25, -0.2) is 0 Å². The van der Waals surface area contributed by atoms with Crippen LogP contribution in [0.15, 0.2) is 27.3 Å².